The minimum atomic E-state index is -0.359. The van der Waals surface area contributed by atoms with E-state index in [0.29, 0.717) is 31.0 Å². The molecule has 6 nitrogen and oxygen atoms in total. The van der Waals surface area contributed by atoms with Gasteiger partial charge >= 0.3 is 0 Å². The van der Waals surface area contributed by atoms with Gasteiger partial charge in [0.25, 0.3) is 5.91 Å². The predicted octanol–water partition coefficient (Wildman–Crippen LogP) is 4.03. The van der Waals surface area contributed by atoms with Gasteiger partial charge in [-0.3, -0.25) is 14.5 Å². The van der Waals surface area contributed by atoms with Crippen molar-refractivity contribution in [3.05, 3.63) is 64.7 Å². The monoisotopic (exact) mass is 469 g/mol. The molecule has 2 aromatic carbocycles. The fourth-order valence-corrected chi connectivity index (χ4v) is 4.88. The zero-order chi connectivity index (χ0) is 23.1. The van der Waals surface area contributed by atoms with Crippen molar-refractivity contribution in [2.45, 2.75) is 38.6 Å². The third kappa shape index (κ3) is 6.06. The van der Waals surface area contributed by atoms with E-state index in [1.165, 1.54) is 5.56 Å². The summed E-state index contributed by atoms with van der Waals surface area (Å²) in [5.74, 6) is 0.565. The van der Waals surface area contributed by atoms with Gasteiger partial charge in [0.1, 0.15) is 12.4 Å². The molecule has 2 amide bonds. The summed E-state index contributed by atoms with van der Waals surface area (Å²) in [5.41, 5.74) is 1.41. The van der Waals surface area contributed by atoms with E-state index >= 15 is 0 Å². The number of para-hydroxylation sites is 1. The molecule has 2 heterocycles. The van der Waals surface area contributed by atoms with E-state index in [2.05, 4.69) is 27.7 Å². The van der Waals surface area contributed by atoms with Crippen LogP contribution < -0.4 is 15.4 Å². The maximum absolute atomic E-state index is 13.3. The number of rotatable bonds is 2. The van der Waals surface area contributed by atoms with Gasteiger partial charge in [0, 0.05) is 18.1 Å². The van der Waals surface area contributed by atoms with Crippen LogP contribution in [0.25, 0.3) is 0 Å². The Bertz CT molecular complexity index is 956. The lowest BCUT2D eigenvalue weighted by Gasteiger charge is -2.41. The van der Waals surface area contributed by atoms with Crippen molar-refractivity contribution in [3.63, 3.8) is 0 Å². The maximum Gasteiger partial charge on any atom is 0.255 e. The summed E-state index contributed by atoms with van der Waals surface area (Å²) < 4.78 is 5.83. The van der Waals surface area contributed by atoms with Gasteiger partial charge in [-0.15, -0.1) is 0 Å². The number of fused-ring (bicyclic) bond motifs is 1. The highest BCUT2D eigenvalue weighted by Crippen LogP contribution is 2.37. The van der Waals surface area contributed by atoms with Crippen molar-refractivity contribution in [1.29, 1.82) is 0 Å². The van der Waals surface area contributed by atoms with E-state index in [9.17, 15) is 9.59 Å². The van der Waals surface area contributed by atoms with Crippen LogP contribution >= 0.6 is 11.6 Å². The molecule has 176 valence electrons. The van der Waals surface area contributed by atoms with E-state index in [0.717, 1.165) is 56.8 Å². The highest BCUT2D eigenvalue weighted by atomic mass is 35.5. The Morgan fingerprint density at radius 2 is 1.67 bits per heavy atom. The van der Waals surface area contributed by atoms with Gasteiger partial charge in [0.2, 0.25) is 5.91 Å². The molecule has 4 rings (SSSR count). The van der Waals surface area contributed by atoms with E-state index in [4.69, 9.17) is 16.3 Å². The molecule has 7 heteroatoms. The molecule has 0 aliphatic carbocycles. The van der Waals surface area contributed by atoms with Crippen LogP contribution in [0.1, 0.15) is 48.0 Å². The fourth-order valence-electron chi connectivity index (χ4n) is 4.76. The Morgan fingerprint density at radius 1 is 0.909 bits per heavy atom. The molecule has 0 aromatic heterocycles. The van der Waals surface area contributed by atoms with Crippen LogP contribution in [0.5, 0.6) is 5.75 Å². The molecule has 2 aliphatic heterocycles. The number of carbonyl (C=O) groups is 2. The molecule has 1 fully saturated rings. The second-order valence-corrected chi connectivity index (χ2v) is 9.43. The smallest absolute Gasteiger partial charge is 0.255 e. The zero-order valence-electron chi connectivity index (χ0n) is 18.9. The molecule has 0 bridgehead atoms. The van der Waals surface area contributed by atoms with Crippen LogP contribution in [0.3, 0.4) is 0 Å². The van der Waals surface area contributed by atoms with Gasteiger partial charge in [0.15, 0.2) is 0 Å². The van der Waals surface area contributed by atoms with Gasteiger partial charge < -0.3 is 15.4 Å². The molecule has 33 heavy (non-hydrogen) atoms. The minimum absolute atomic E-state index is 0.114. The summed E-state index contributed by atoms with van der Waals surface area (Å²) in [7, 11) is 0. The summed E-state index contributed by atoms with van der Waals surface area (Å²) in [6.45, 7) is 3.98. The van der Waals surface area contributed by atoms with E-state index < -0.39 is 0 Å². The lowest BCUT2D eigenvalue weighted by atomic mass is 9.73. The summed E-state index contributed by atoms with van der Waals surface area (Å²) in [6, 6.07) is 15.2. The first-order valence-electron chi connectivity index (χ1n) is 11.8. The van der Waals surface area contributed by atoms with Crippen LogP contribution in [0.2, 0.25) is 5.02 Å². The Kier molecular flexibility index (Phi) is 7.89. The molecular formula is C26H32ClN3O3. The Hall–Kier alpha value is -2.57. The summed E-state index contributed by atoms with van der Waals surface area (Å²) in [6.07, 6.45) is 4.26. The molecule has 0 unspecified atom stereocenters. The third-order valence-corrected chi connectivity index (χ3v) is 7.01. The topological polar surface area (TPSA) is 70.7 Å². The van der Waals surface area contributed by atoms with Gasteiger partial charge in [-0.05, 0) is 68.6 Å². The molecule has 2 N–H and O–H groups in total. The first kappa shape index (κ1) is 23.6. The molecule has 2 aliphatic rings. The minimum Gasteiger partial charge on any atom is -0.491 e. The second-order valence-electron chi connectivity index (χ2n) is 9.00. The van der Waals surface area contributed by atoms with Crippen molar-refractivity contribution in [2.24, 2.45) is 5.41 Å². The number of ether oxygens (including phenoxy) is 1. The number of likely N-dealkylation sites (tertiary alicyclic amines) is 1. The number of piperidine rings is 1. The normalized spacial score (nSPS) is 20.2. The Balaban J connectivity index is 1.38. The Labute approximate surface area is 200 Å². The number of nitrogens with zero attached hydrogens (tertiary/aromatic N) is 1. The van der Waals surface area contributed by atoms with Crippen LogP contribution in [-0.4, -0.2) is 49.5 Å². The number of benzene rings is 2. The van der Waals surface area contributed by atoms with Crippen molar-refractivity contribution in [3.8, 4) is 5.75 Å². The summed E-state index contributed by atoms with van der Waals surface area (Å²) in [5, 5.41) is 6.86. The molecule has 0 atom stereocenters. The largest absolute Gasteiger partial charge is 0.491 e. The van der Waals surface area contributed by atoms with Gasteiger partial charge in [-0.25, -0.2) is 0 Å². The van der Waals surface area contributed by atoms with Crippen LogP contribution in [-0.2, 0) is 11.3 Å². The summed E-state index contributed by atoms with van der Waals surface area (Å²) >= 11 is 6.01. The second kappa shape index (κ2) is 11.0. The Morgan fingerprint density at radius 3 is 2.45 bits per heavy atom. The van der Waals surface area contributed by atoms with Crippen molar-refractivity contribution < 1.29 is 14.3 Å². The van der Waals surface area contributed by atoms with Crippen LogP contribution in [0, 0.1) is 5.41 Å². The maximum atomic E-state index is 13.3. The molecule has 1 saturated heterocycles. The number of amides is 2. The van der Waals surface area contributed by atoms with Gasteiger partial charge in [-0.2, -0.15) is 0 Å². The summed E-state index contributed by atoms with van der Waals surface area (Å²) in [4.78, 5) is 28.3. The fraction of sp³-hybridized carbons (Fsp3) is 0.462. The lowest BCUT2D eigenvalue weighted by Crippen LogP contribution is -2.49. The SMILES string of the molecule is O=C1NCCCCC2(CCN(Cc3ccc(Cl)cc3)CC2)C(=O)NCCOc2ccccc21. The number of halogens is 1. The predicted molar refractivity (Wildman–Crippen MR) is 130 cm³/mol. The van der Waals surface area contributed by atoms with Crippen LogP contribution in [0.4, 0.5) is 0 Å². The number of carbonyl (C=O) groups excluding carboxylic acids is 2. The molecular weight excluding hydrogens is 438 g/mol. The van der Waals surface area contributed by atoms with Gasteiger partial charge in [0.05, 0.1) is 17.5 Å². The highest BCUT2D eigenvalue weighted by Gasteiger charge is 2.40. The molecule has 1 spiro atoms. The van der Waals surface area contributed by atoms with Crippen molar-refractivity contribution in [1.82, 2.24) is 15.5 Å². The third-order valence-electron chi connectivity index (χ3n) is 6.76. The average molecular weight is 470 g/mol. The molecule has 0 radical (unpaired) electrons. The van der Waals surface area contributed by atoms with E-state index in [1.807, 2.05) is 24.3 Å². The van der Waals surface area contributed by atoms with Crippen LogP contribution in [0.15, 0.2) is 48.5 Å². The van der Waals surface area contributed by atoms with Crippen molar-refractivity contribution in [2.75, 3.05) is 32.8 Å². The number of hydrogen-bond donors (Lipinski definition) is 2. The zero-order valence-corrected chi connectivity index (χ0v) is 19.7. The standard InChI is InChI=1S/C26H32ClN3O3/c27-21-9-7-20(8-10-21)19-30-16-12-26(13-17-30)11-3-4-14-28-24(31)22-5-1-2-6-23(22)33-18-15-29-25(26)32/h1-2,5-10H,3-4,11-19H2,(H,28,31)(H,29,32). The lowest BCUT2D eigenvalue weighted by molar-refractivity contribution is -0.134. The average Bonchev–Trinajstić information content (AvgIpc) is 2.83. The number of hydrogen-bond acceptors (Lipinski definition) is 4. The van der Waals surface area contributed by atoms with E-state index in [1.54, 1.807) is 12.1 Å². The quantitative estimate of drug-likeness (QED) is 0.696. The van der Waals surface area contributed by atoms with Crippen molar-refractivity contribution >= 4 is 23.4 Å². The first-order chi connectivity index (χ1) is 16.1. The molecule has 0 saturated carbocycles. The first-order valence-corrected chi connectivity index (χ1v) is 12.2. The molecule has 2 aromatic rings. The van der Waals surface area contributed by atoms with Gasteiger partial charge in [-0.1, -0.05) is 42.3 Å². The highest BCUT2D eigenvalue weighted by molar-refractivity contribution is 6.30. The van der Waals surface area contributed by atoms with E-state index in [-0.39, 0.29) is 17.2 Å². The number of nitrogens with one attached hydrogen (secondary N) is 2.